The first-order valence-electron chi connectivity index (χ1n) is 8.60. The lowest BCUT2D eigenvalue weighted by Gasteiger charge is -2.20. The molecule has 0 saturated carbocycles. The SMILES string of the molecule is CC(C)(C)c1ccc(Cn2cnc3c(cnn3C(C)(C)C)c2=O)cc1. The molecule has 0 aliphatic rings. The van der Waals surface area contributed by atoms with Crippen LogP contribution in [0.3, 0.4) is 0 Å². The van der Waals surface area contributed by atoms with Gasteiger partial charge in [0.1, 0.15) is 11.7 Å². The van der Waals surface area contributed by atoms with Gasteiger partial charge in [-0.15, -0.1) is 0 Å². The third-order valence-electron chi connectivity index (χ3n) is 4.36. The van der Waals surface area contributed by atoms with Gasteiger partial charge in [-0.2, -0.15) is 5.10 Å². The average molecular weight is 338 g/mol. The zero-order valence-corrected chi connectivity index (χ0v) is 15.9. The second kappa shape index (κ2) is 5.83. The molecule has 0 aliphatic heterocycles. The number of aromatic nitrogens is 4. The number of rotatable bonds is 2. The largest absolute Gasteiger partial charge is 0.294 e. The van der Waals surface area contributed by atoms with Gasteiger partial charge in [0.15, 0.2) is 5.65 Å². The maximum absolute atomic E-state index is 12.8. The van der Waals surface area contributed by atoms with Crippen molar-refractivity contribution in [3.63, 3.8) is 0 Å². The van der Waals surface area contributed by atoms with Gasteiger partial charge in [0, 0.05) is 0 Å². The first-order chi connectivity index (χ1) is 11.6. The van der Waals surface area contributed by atoms with Crippen molar-refractivity contribution in [3.05, 3.63) is 58.3 Å². The molecule has 0 amide bonds. The second-order valence-electron chi connectivity index (χ2n) is 8.59. The molecule has 3 rings (SSSR count). The molecule has 0 saturated heterocycles. The molecular formula is C20H26N4O. The summed E-state index contributed by atoms with van der Waals surface area (Å²) in [6, 6.07) is 8.42. The third-order valence-corrected chi connectivity index (χ3v) is 4.36. The molecule has 3 aromatic rings. The van der Waals surface area contributed by atoms with Crippen molar-refractivity contribution in [1.82, 2.24) is 19.3 Å². The molecule has 5 nitrogen and oxygen atoms in total. The van der Waals surface area contributed by atoms with Crippen molar-refractivity contribution >= 4 is 11.0 Å². The Kier molecular flexibility index (Phi) is 4.06. The van der Waals surface area contributed by atoms with Gasteiger partial charge >= 0.3 is 0 Å². The van der Waals surface area contributed by atoms with Gasteiger partial charge in [-0.25, -0.2) is 9.67 Å². The van der Waals surface area contributed by atoms with E-state index in [2.05, 4.69) is 55.1 Å². The van der Waals surface area contributed by atoms with Crippen molar-refractivity contribution in [3.8, 4) is 0 Å². The standard InChI is InChI=1S/C20H26N4O/c1-19(2,3)15-9-7-14(8-10-15)12-23-13-21-17-16(18(23)25)11-22-24(17)20(4,5)6/h7-11,13H,12H2,1-6H3. The molecule has 0 unspecified atom stereocenters. The number of nitrogens with zero attached hydrogens (tertiary/aromatic N) is 4. The van der Waals surface area contributed by atoms with Crippen LogP contribution in [0.25, 0.3) is 11.0 Å². The molecule has 0 spiro atoms. The first-order valence-corrected chi connectivity index (χ1v) is 8.60. The van der Waals surface area contributed by atoms with Gasteiger partial charge in [-0.3, -0.25) is 9.36 Å². The Morgan fingerprint density at radius 3 is 2.20 bits per heavy atom. The fourth-order valence-electron chi connectivity index (χ4n) is 2.86. The van der Waals surface area contributed by atoms with Crippen LogP contribution >= 0.6 is 0 Å². The topological polar surface area (TPSA) is 52.7 Å². The van der Waals surface area contributed by atoms with Crippen LogP contribution in [0.4, 0.5) is 0 Å². The molecule has 0 atom stereocenters. The minimum Gasteiger partial charge on any atom is -0.294 e. The first kappa shape index (κ1) is 17.4. The normalized spacial score (nSPS) is 12.7. The minimum atomic E-state index is -0.212. The lowest BCUT2D eigenvalue weighted by atomic mass is 9.87. The van der Waals surface area contributed by atoms with Crippen LogP contribution < -0.4 is 5.56 Å². The fraction of sp³-hybridized carbons (Fsp3) is 0.450. The van der Waals surface area contributed by atoms with E-state index in [9.17, 15) is 4.79 Å². The van der Waals surface area contributed by atoms with Gasteiger partial charge in [0.05, 0.1) is 18.3 Å². The van der Waals surface area contributed by atoms with E-state index in [1.807, 2.05) is 20.8 Å². The molecule has 25 heavy (non-hydrogen) atoms. The molecule has 0 aliphatic carbocycles. The van der Waals surface area contributed by atoms with E-state index in [1.165, 1.54) is 5.56 Å². The molecule has 0 radical (unpaired) electrons. The molecule has 2 heterocycles. The summed E-state index contributed by atoms with van der Waals surface area (Å²) in [4.78, 5) is 17.3. The average Bonchev–Trinajstić information content (AvgIpc) is 2.94. The smallest absolute Gasteiger partial charge is 0.264 e. The quantitative estimate of drug-likeness (QED) is 0.716. The molecule has 132 valence electrons. The summed E-state index contributed by atoms with van der Waals surface area (Å²) in [5, 5.41) is 4.91. The van der Waals surface area contributed by atoms with Crippen LogP contribution in [0.2, 0.25) is 0 Å². The van der Waals surface area contributed by atoms with Crippen molar-refractivity contribution in [2.75, 3.05) is 0 Å². The van der Waals surface area contributed by atoms with E-state index in [0.29, 0.717) is 17.6 Å². The van der Waals surface area contributed by atoms with E-state index >= 15 is 0 Å². The zero-order chi connectivity index (χ0) is 18.4. The third kappa shape index (κ3) is 3.36. The summed E-state index contributed by atoms with van der Waals surface area (Å²) in [6.07, 6.45) is 3.24. The number of benzene rings is 1. The molecule has 5 heteroatoms. The summed E-state index contributed by atoms with van der Waals surface area (Å²) in [5.74, 6) is 0. The predicted octanol–water partition coefficient (Wildman–Crippen LogP) is 3.69. The van der Waals surface area contributed by atoms with E-state index in [1.54, 1.807) is 21.8 Å². The predicted molar refractivity (Wildman–Crippen MR) is 101 cm³/mol. The Morgan fingerprint density at radius 1 is 1.00 bits per heavy atom. The zero-order valence-electron chi connectivity index (χ0n) is 15.9. The molecule has 0 fully saturated rings. The molecule has 1 aromatic carbocycles. The van der Waals surface area contributed by atoms with Gasteiger partial charge in [-0.1, -0.05) is 45.0 Å². The lowest BCUT2D eigenvalue weighted by molar-refractivity contribution is 0.365. The van der Waals surface area contributed by atoms with Crippen molar-refractivity contribution in [2.45, 2.75) is 59.0 Å². The Balaban J connectivity index is 1.95. The highest BCUT2D eigenvalue weighted by Gasteiger charge is 2.19. The van der Waals surface area contributed by atoms with Crippen LogP contribution in [-0.2, 0) is 17.5 Å². The highest BCUT2D eigenvalue weighted by atomic mass is 16.1. The molecule has 0 N–H and O–H groups in total. The molecule has 2 aromatic heterocycles. The second-order valence-corrected chi connectivity index (χ2v) is 8.59. The van der Waals surface area contributed by atoms with Crippen molar-refractivity contribution < 1.29 is 0 Å². The summed E-state index contributed by atoms with van der Waals surface area (Å²) in [7, 11) is 0. The molecular weight excluding hydrogens is 312 g/mol. The number of hydrogen-bond donors (Lipinski definition) is 0. The van der Waals surface area contributed by atoms with Crippen LogP contribution in [0.1, 0.15) is 52.7 Å². The summed E-state index contributed by atoms with van der Waals surface area (Å²) < 4.78 is 3.44. The Bertz CT molecular complexity index is 951. The summed E-state index contributed by atoms with van der Waals surface area (Å²) >= 11 is 0. The summed E-state index contributed by atoms with van der Waals surface area (Å²) in [5.41, 5.74) is 2.85. The van der Waals surface area contributed by atoms with E-state index < -0.39 is 0 Å². The number of fused-ring (bicyclic) bond motifs is 1. The Morgan fingerprint density at radius 2 is 1.64 bits per heavy atom. The highest BCUT2D eigenvalue weighted by Crippen LogP contribution is 2.22. The van der Waals surface area contributed by atoms with E-state index in [0.717, 1.165) is 5.56 Å². The Hall–Kier alpha value is -2.43. The van der Waals surface area contributed by atoms with Gasteiger partial charge in [-0.05, 0) is 37.3 Å². The minimum absolute atomic E-state index is 0.0552. The maximum Gasteiger partial charge on any atom is 0.264 e. The van der Waals surface area contributed by atoms with Crippen molar-refractivity contribution in [2.24, 2.45) is 0 Å². The maximum atomic E-state index is 12.8. The van der Waals surface area contributed by atoms with Gasteiger partial charge in [0.25, 0.3) is 5.56 Å². The summed E-state index contributed by atoms with van der Waals surface area (Å²) in [6.45, 7) is 13.2. The highest BCUT2D eigenvalue weighted by molar-refractivity contribution is 5.73. The molecule has 0 bridgehead atoms. The van der Waals surface area contributed by atoms with Gasteiger partial charge < -0.3 is 0 Å². The van der Waals surface area contributed by atoms with E-state index in [-0.39, 0.29) is 16.5 Å². The fourth-order valence-corrected chi connectivity index (χ4v) is 2.86. The van der Waals surface area contributed by atoms with E-state index in [4.69, 9.17) is 0 Å². The van der Waals surface area contributed by atoms with Crippen LogP contribution in [-0.4, -0.2) is 19.3 Å². The van der Waals surface area contributed by atoms with Crippen molar-refractivity contribution in [1.29, 1.82) is 0 Å². The van der Waals surface area contributed by atoms with Gasteiger partial charge in [0.2, 0.25) is 0 Å². The van der Waals surface area contributed by atoms with Crippen LogP contribution in [0, 0.1) is 0 Å². The number of hydrogen-bond acceptors (Lipinski definition) is 3. The lowest BCUT2D eigenvalue weighted by Crippen LogP contribution is -2.25. The van der Waals surface area contributed by atoms with Crippen LogP contribution in [0.15, 0.2) is 41.6 Å². The monoisotopic (exact) mass is 338 g/mol. The Labute approximate surface area is 148 Å². The van der Waals surface area contributed by atoms with Crippen LogP contribution in [0.5, 0.6) is 0 Å².